The van der Waals surface area contributed by atoms with E-state index < -0.39 is 4.92 Å². The van der Waals surface area contributed by atoms with Crippen molar-refractivity contribution >= 4 is 22.4 Å². The van der Waals surface area contributed by atoms with E-state index >= 15 is 0 Å². The van der Waals surface area contributed by atoms with Crippen molar-refractivity contribution in [1.29, 1.82) is 0 Å². The van der Waals surface area contributed by atoms with Gasteiger partial charge in [0.25, 0.3) is 0 Å². The Morgan fingerprint density at radius 3 is 2.35 bits per heavy atom. The van der Waals surface area contributed by atoms with Crippen molar-refractivity contribution in [1.82, 2.24) is 4.98 Å². The minimum Gasteiger partial charge on any atom is -0.346 e. The number of nitrogens with one attached hydrogen (secondary N) is 1. The fourth-order valence-corrected chi connectivity index (χ4v) is 2.21. The van der Waals surface area contributed by atoms with Crippen LogP contribution in [0.1, 0.15) is 16.1 Å². The lowest BCUT2D eigenvalue weighted by Crippen LogP contribution is -2.04. The fraction of sp³-hybridized carbons (Fsp3) is 0. The summed E-state index contributed by atoms with van der Waals surface area (Å²) in [7, 11) is 0. The lowest BCUT2D eigenvalue weighted by molar-refractivity contribution is -0.383. The molecule has 5 nitrogen and oxygen atoms in total. The number of para-hydroxylation sites is 1. The molecule has 3 rings (SSSR count). The molecule has 0 unspecified atom stereocenters. The second-order valence-corrected chi connectivity index (χ2v) is 4.35. The summed E-state index contributed by atoms with van der Waals surface area (Å²) in [4.78, 5) is 26.0. The highest BCUT2D eigenvalue weighted by molar-refractivity contribution is 6.14. The highest BCUT2D eigenvalue weighted by atomic mass is 16.6. The maximum atomic E-state index is 12.4. The molecule has 0 spiro atoms. The van der Waals surface area contributed by atoms with Crippen LogP contribution in [0.15, 0.2) is 54.6 Å². The predicted molar refractivity (Wildman–Crippen MR) is 74.8 cm³/mol. The molecule has 5 heteroatoms. The van der Waals surface area contributed by atoms with E-state index in [4.69, 9.17) is 0 Å². The average molecular weight is 266 g/mol. The summed E-state index contributed by atoms with van der Waals surface area (Å²) in [6, 6.07) is 15.3. The summed E-state index contributed by atoms with van der Waals surface area (Å²) in [5.41, 5.74) is 0.845. The van der Waals surface area contributed by atoms with Gasteiger partial charge in [-0.3, -0.25) is 14.9 Å². The van der Waals surface area contributed by atoms with Crippen LogP contribution in [-0.2, 0) is 0 Å². The third-order valence-corrected chi connectivity index (χ3v) is 3.12. The molecule has 0 saturated heterocycles. The van der Waals surface area contributed by atoms with E-state index in [1.807, 2.05) is 0 Å². The summed E-state index contributed by atoms with van der Waals surface area (Å²) >= 11 is 0. The van der Waals surface area contributed by atoms with Gasteiger partial charge in [-0.05, 0) is 12.1 Å². The van der Waals surface area contributed by atoms with Crippen molar-refractivity contribution in [2.45, 2.75) is 0 Å². The summed E-state index contributed by atoms with van der Waals surface area (Å²) in [6.45, 7) is 0. The number of nitro groups is 1. The molecule has 0 bridgehead atoms. The van der Waals surface area contributed by atoms with E-state index in [2.05, 4.69) is 4.98 Å². The Labute approximate surface area is 114 Å². The number of ketones is 1. The largest absolute Gasteiger partial charge is 0.346 e. The second-order valence-electron chi connectivity index (χ2n) is 4.35. The Morgan fingerprint density at radius 1 is 1.00 bits per heavy atom. The average Bonchev–Trinajstić information content (AvgIpc) is 2.86. The van der Waals surface area contributed by atoms with Gasteiger partial charge in [-0.25, -0.2) is 0 Å². The molecule has 98 valence electrons. The number of benzene rings is 2. The molecule has 20 heavy (non-hydrogen) atoms. The molecule has 0 aliphatic heterocycles. The summed E-state index contributed by atoms with van der Waals surface area (Å²) in [5, 5.41) is 11.7. The zero-order valence-electron chi connectivity index (χ0n) is 10.4. The van der Waals surface area contributed by atoms with Gasteiger partial charge in [0.1, 0.15) is 0 Å². The molecule has 3 aromatic rings. The summed E-state index contributed by atoms with van der Waals surface area (Å²) in [6.07, 6.45) is 0. The number of aromatic amines is 1. The van der Waals surface area contributed by atoms with Gasteiger partial charge in [0.15, 0.2) is 5.69 Å². The van der Waals surface area contributed by atoms with E-state index in [-0.39, 0.29) is 17.2 Å². The monoisotopic (exact) mass is 266 g/mol. The molecule has 0 aliphatic carbocycles. The molecular weight excluding hydrogens is 256 g/mol. The zero-order chi connectivity index (χ0) is 14.1. The molecule has 1 aromatic heterocycles. The fourth-order valence-electron chi connectivity index (χ4n) is 2.21. The Bertz CT molecular complexity index is 806. The van der Waals surface area contributed by atoms with Gasteiger partial charge in [0.2, 0.25) is 5.78 Å². The molecule has 1 heterocycles. The van der Waals surface area contributed by atoms with Crippen LogP contribution in [0.5, 0.6) is 0 Å². The SMILES string of the molecule is O=C(c1ccccc1)c1[nH]c2ccccc2c1[N+](=O)[O-]. The standard InChI is InChI=1S/C15H10N2O3/c18-15(10-6-2-1-3-7-10)13-14(17(19)20)11-8-4-5-9-12(11)16-13/h1-9,16H. The van der Waals surface area contributed by atoms with E-state index in [9.17, 15) is 14.9 Å². The molecule has 2 aromatic carbocycles. The van der Waals surface area contributed by atoms with E-state index in [0.717, 1.165) is 0 Å². The first-order valence-corrected chi connectivity index (χ1v) is 6.03. The lowest BCUT2D eigenvalue weighted by atomic mass is 10.1. The van der Waals surface area contributed by atoms with Crippen molar-refractivity contribution < 1.29 is 9.72 Å². The van der Waals surface area contributed by atoms with Gasteiger partial charge < -0.3 is 4.98 Å². The molecule has 0 radical (unpaired) electrons. The summed E-state index contributed by atoms with van der Waals surface area (Å²) < 4.78 is 0. The number of H-pyrrole nitrogens is 1. The predicted octanol–water partition coefficient (Wildman–Crippen LogP) is 3.31. The number of carbonyl (C=O) groups excluding carboxylic acids is 1. The topological polar surface area (TPSA) is 76.0 Å². The first kappa shape index (κ1) is 12.1. The highest BCUT2D eigenvalue weighted by Gasteiger charge is 2.27. The minimum absolute atomic E-state index is 0.0161. The van der Waals surface area contributed by atoms with Crippen molar-refractivity contribution in [3.05, 3.63) is 76.0 Å². The van der Waals surface area contributed by atoms with Crippen LogP contribution in [-0.4, -0.2) is 15.7 Å². The Balaban J connectivity index is 2.24. The van der Waals surface area contributed by atoms with Crippen molar-refractivity contribution in [2.24, 2.45) is 0 Å². The van der Waals surface area contributed by atoms with Crippen molar-refractivity contribution in [3.63, 3.8) is 0 Å². The van der Waals surface area contributed by atoms with Crippen LogP contribution in [0.4, 0.5) is 5.69 Å². The third kappa shape index (κ3) is 1.85. The first-order valence-electron chi connectivity index (χ1n) is 6.03. The molecular formula is C15H10N2O3. The quantitative estimate of drug-likeness (QED) is 0.449. The van der Waals surface area contributed by atoms with E-state index in [1.54, 1.807) is 54.6 Å². The number of rotatable bonds is 3. The number of carbonyl (C=O) groups is 1. The van der Waals surface area contributed by atoms with Crippen LogP contribution in [0, 0.1) is 10.1 Å². The third-order valence-electron chi connectivity index (χ3n) is 3.12. The number of fused-ring (bicyclic) bond motifs is 1. The van der Waals surface area contributed by atoms with Crippen LogP contribution in [0.2, 0.25) is 0 Å². The molecule has 0 fully saturated rings. The van der Waals surface area contributed by atoms with Gasteiger partial charge in [0.05, 0.1) is 15.8 Å². The smallest absolute Gasteiger partial charge is 0.305 e. The first-order chi connectivity index (χ1) is 9.68. The highest BCUT2D eigenvalue weighted by Crippen LogP contribution is 2.30. The Morgan fingerprint density at radius 2 is 1.65 bits per heavy atom. The van der Waals surface area contributed by atoms with E-state index in [0.29, 0.717) is 16.5 Å². The van der Waals surface area contributed by atoms with Crippen molar-refractivity contribution in [2.75, 3.05) is 0 Å². The van der Waals surface area contributed by atoms with Crippen LogP contribution in [0.3, 0.4) is 0 Å². The zero-order valence-corrected chi connectivity index (χ0v) is 10.4. The maximum Gasteiger partial charge on any atom is 0.305 e. The maximum absolute atomic E-state index is 12.4. The molecule has 0 aliphatic rings. The lowest BCUT2D eigenvalue weighted by Gasteiger charge is -1.98. The van der Waals surface area contributed by atoms with Gasteiger partial charge in [-0.1, -0.05) is 42.5 Å². The minimum atomic E-state index is -0.519. The normalized spacial score (nSPS) is 10.6. The van der Waals surface area contributed by atoms with Crippen LogP contribution < -0.4 is 0 Å². The molecule has 0 amide bonds. The van der Waals surface area contributed by atoms with Crippen molar-refractivity contribution in [3.8, 4) is 0 Å². The Kier molecular flexibility index (Phi) is 2.80. The van der Waals surface area contributed by atoms with E-state index in [1.165, 1.54) is 0 Å². The number of hydrogen-bond donors (Lipinski definition) is 1. The van der Waals surface area contributed by atoms with Gasteiger partial charge in [-0.15, -0.1) is 0 Å². The van der Waals surface area contributed by atoms with Crippen LogP contribution >= 0.6 is 0 Å². The molecule has 0 atom stereocenters. The van der Waals surface area contributed by atoms with Gasteiger partial charge in [0, 0.05) is 5.56 Å². The number of nitrogens with zero attached hydrogens (tertiary/aromatic N) is 1. The summed E-state index contributed by atoms with van der Waals surface area (Å²) in [5.74, 6) is -0.381. The van der Waals surface area contributed by atoms with Crippen LogP contribution in [0.25, 0.3) is 10.9 Å². The number of hydrogen-bond acceptors (Lipinski definition) is 3. The van der Waals surface area contributed by atoms with Gasteiger partial charge >= 0.3 is 5.69 Å². The second kappa shape index (κ2) is 4.62. The molecule has 0 saturated carbocycles. The number of aromatic nitrogens is 1. The Hall–Kier alpha value is -2.95. The van der Waals surface area contributed by atoms with Gasteiger partial charge in [-0.2, -0.15) is 0 Å². The molecule has 1 N–H and O–H groups in total.